The second kappa shape index (κ2) is 7.11. The maximum Gasteiger partial charge on any atom is 0.176 e. The summed E-state index contributed by atoms with van der Waals surface area (Å²) in [6.45, 7) is 12.5. The van der Waals surface area contributed by atoms with E-state index in [0.717, 1.165) is 46.2 Å². The molecular weight excluding hydrogens is 464 g/mol. The van der Waals surface area contributed by atoms with E-state index in [2.05, 4.69) is 39.8 Å². The average molecular weight is 495 g/mol. The van der Waals surface area contributed by atoms with Crippen molar-refractivity contribution in [3.05, 3.63) is 68.8 Å². The van der Waals surface area contributed by atoms with Crippen LogP contribution in [0.5, 0.6) is 23.0 Å². The molecule has 0 saturated heterocycles. The van der Waals surface area contributed by atoms with Crippen LogP contribution < -0.4 is 9.47 Å². The summed E-state index contributed by atoms with van der Waals surface area (Å²) in [5, 5.41) is 40.6. The van der Waals surface area contributed by atoms with E-state index in [1.165, 1.54) is 0 Å². The molecular formula is C31H30N2O4. The van der Waals surface area contributed by atoms with E-state index in [4.69, 9.17) is 9.47 Å². The van der Waals surface area contributed by atoms with Gasteiger partial charge in [0.2, 0.25) is 0 Å². The van der Waals surface area contributed by atoms with Crippen molar-refractivity contribution in [2.75, 3.05) is 0 Å². The second-order valence-corrected chi connectivity index (χ2v) is 12.3. The molecule has 6 rings (SSSR count). The fourth-order valence-corrected chi connectivity index (χ4v) is 7.46. The number of phenolic OH excluding ortho intramolecular Hbond substituents is 2. The smallest absolute Gasteiger partial charge is 0.176 e. The van der Waals surface area contributed by atoms with Gasteiger partial charge < -0.3 is 19.7 Å². The summed E-state index contributed by atoms with van der Waals surface area (Å²) in [4.78, 5) is 0. The molecule has 3 atom stereocenters. The van der Waals surface area contributed by atoms with Crippen molar-refractivity contribution in [1.29, 1.82) is 10.5 Å². The molecule has 37 heavy (non-hydrogen) atoms. The van der Waals surface area contributed by atoms with E-state index in [-0.39, 0.29) is 27.7 Å². The number of nitrogens with zero attached hydrogens (tertiary/aromatic N) is 2. The highest BCUT2D eigenvalue weighted by Crippen LogP contribution is 2.65. The Morgan fingerprint density at radius 2 is 1.08 bits per heavy atom. The fourth-order valence-electron chi connectivity index (χ4n) is 7.46. The van der Waals surface area contributed by atoms with Gasteiger partial charge in [-0.15, -0.1) is 0 Å². The average Bonchev–Trinajstić information content (AvgIpc) is 3.17. The van der Waals surface area contributed by atoms with Gasteiger partial charge in [0, 0.05) is 5.41 Å². The number of phenols is 2. The van der Waals surface area contributed by atoms with Crippen molar-refractivity contribution in [1.82, 2.24) is 0 Å². The van der Waals surface area contributed by atoms with Crippen molar-refractivity contribution in [2.45, 2.75) is 82.8 Å². The molecule has 3 unspecified atom stereocenters. The third kappa shape index (κ3) is 2.90. The van der Waals surface area contributed by atoms with Crippen LogP contribution in [-0.2, 0) is 16.2 Å². The molecule has 2 aromatic carbocycles. The molecule has 1 aliphatic heterocycles. The number of hydrogen-bond donors (Lipinski definition) is 2. The van der Waals surface area contributed by atoms with Gasteiger partial charge in [0.05, 0.1) is 23.3 Å². The van der Waals surface area contributed by atoms with Gasteiger partial charge >= 0.3 is 0 Å². The first-order chi connectivity index (χ1) is 17.3. The van der Waals surface area contributed by atoms with Crippen LogP contribution >= 0.6 is 0 Å². The summed E-state index contributed by atoms with van der Waals surface area (Å²) in [6, 6.07) is 12.1. The third-order valence-corrected chi connectivity index (χ3v) is 9.14. The Morgan fingerprint density at radius 1 is 0.703 bits per heavy atom. The Balaban J connectivity index is 1.56. The molecule has 3 aliphatic carbocycles. The Morgan fingerprint density at radius 3 is 1.54 bits per heavy atom. The van der Waals surface area contributed by atoms with E-state index in [0.29, 0.717) is 22.6 Å². The van der Waals surface area contributed by atoms with Crippen molar-refractivity contribution in [2.24, 2.45) is 0 Å². The molecule has 0 aromatic heterocycles. The molecule has 6 nitrogen and oxygen atoms in total. The van der Waals surface area contributed by atoms with Gasteiger partial charge in [-0.05, 0) is 95.2 Å². The number of rotatable bonds is 0. The van der Waals surface area contributed by atoms with Gasteiger partial charge in [-0.25, -0.2) is 0 Å². The fraction of sp³-hybridized carbons (Fsp3) is 0.419. The highest BCUT2D eigenvalue weighted by Gasteiger charge is 2.57. The number of aromatic hydroxyl groups is 2. The largest absolute Gasteiger partial charge is 0.504 e. The van der Waals surface area contributed by atoms with Gasteiger partial charge in [-0.1, -0.05) is 27.7 Å². The first-order valence-corrected chi connectivity index (χ1v) is 12.7. The summed E-state index contributed by atoms with van der Waals surface area (Å²) in [7, 11) is 0. The van der Waals surface area contributed by atoms with Crippen LogP contribution in [-0.4, -0.2) is 22.4 Å². The Bertz CT molecular complexity index is 1560. The van der Waals surface area contributed by atoms with Crippen LogP contribution in [0.2, 0.25) is 0 Å². The number of benzene rings is 2. The quantitative estimate of drug-likeness (QED) is 0.439. The third-order valence-electron chi connectivity index (χ3n) is 9.14. The van der Waals surface area contributed by atoms with Gasteiger partial charge in [-0.3, -0.25) is 0 Å². The zero-order valence-electron chi connectivity index (χ0n) is 22.0. The number of fused-ring (bicyclic) bond motifs is 6. The lowest BCUT2D eigenvalue weighted by atomic mass is 9.72. The van der Waals surface area contributed by atoms with Crippen molar-refractivity contribution < 1.29 is 19.7 Å². The van der Waals surface area contributed by atoms with Gasteiger partial charge in [0.25, 0.3) is 0 Å². The standard InChI is InChI=1S/C31H30N2O4/c1-15-16(2)18(12-33)28-27(17(15)11-32)36-25-9-20-22(10-26(25)37-28)31(14-30(20,5)6)13-29(3,4)19-7-23(34)24(35)8-21(19)31/h7-10,27-28,34-35H,13-14H2,1-6H3. The summed E-state index contributed by atoms with van der Waals surface area (Å²) in [5.41, 5.74) is 6.06. The predicted molar refractivity (Wildman–Crippen MR) is 138 cm³/mol. The van der Waals surface area contributed by atoms with E-state index in [1.807, 2.05) is 26.0 Å². The van der Waals surface area contributed by atoms with Crippen LogP contribution in [0.3, 0.4) is 0 Å². The Kier molecular flexibility index (Phi) is 4.51. The van der Waals surface area contributed by atoms with E-state index >= 15 is 0 Å². The molecule has 188 valence electrons. The van der Waals surface area contributed by atoms with Crippen LogP contribution in [0, 0.1) is 22.7 Å². The van der Waals surface area contributed by atoms with Crippen molar-refractivity contribution >= 4 is 0 Å². The number of hydrogen-bond acceptors (Lipinski definition) is 6. The molecule has 1 heterocycles. The van der Waals surface area contributed by atoms with Crippen LogP contribution in [0.4, 0.5) is 0 Å². The molecule has 2 aromatic rings. The normalized spacial score (nSPS) is 27.9. The second-order valence-electron chi connectivity index (χ2n) is 12.3. The molecule has 6 heteroatoms. The molecule has 0 amide bonds. The SMILES string of the molecule is CC1=C(C#N)C2Oc3cc4c(cc3OC2C(C#N)=C1C)C1(CC(C)(C)c2cc(O)c(O)cc21)CC4(C)C. The zero-order valence-corrected chi connectivity index (χ0v) is 22.0. The number of nitriles is 2. The first kappa shape index (κ1) is 23.5. The highest BCUT2D eigenvalue weighted by molar-refractivity contribution is 5.66. The summed E-state index contributed by atoms with van der Waals surface area (Å²) in [6.07, 6.45) is 0.297. The van der Waals surface area contributed by atoms with Gasteiger partial charge in [0.1, 0.15) is 0 Å². The van der Waals surface area contributed by atoms with Gasteiger partial charge in [-0.2, -0.15) is 10.5 Å². The van der Waals surface area contributed by atoms with E-state index < -0.39 is 12.2 Å². The first-order valence-electron chi connectivity index (χ1n) is 12.7. The molecule has 0 saturated carbocycles. The van der Waals surface area contributed by atoms with Crippen LogP contribution in [0.1, 0.15) is 76.6 Å². The maximum atomic E-state index is 10.5. The lowest BCUT2D eigenvalue weighted by Crippen LogP contribution is -2.45. The molecule has 2 N–H and O–H groups in total. The topological polar surface area (TPSA) is 106 Å². The van der Waals surface area contributed by atoms with Gasteiger partial charge in [0.15, 0.2) is 35.2 Å². The molecule has 1 spiro atoms. The lowest BCUT2D eigenvalue weighted by Gasteiger charge is -2.38. The zero-order chi connectivity index (χ0) is 26.7. The predicted octanol–water partition coefficient (Wildman–Crippen LogP) is 5.95. The van der Waals surface area contributed by atoms with E-state index in [9.17, 15) is 20.7 Å². The molecule has 0 fully saturated rings. The number of allylic oxidation sites excluding steroid dienone is 2. The minimum absolute atomic E-state index is 0.102. The summed E-state index contributed by atoms with van der Waals surface area (Å²) >= 11 is 0. The minimum atomic E-state index is -0.687. The summed E-state index contributed by atoms with van der Waals surface area (Å²) < 4.78 is 12.9. The monoisotopic (exact) mass is 494 g/mol. The minimum Gasteiger partial charge on any atom is -0.504 e. The molecule has 4 aliphatic rings. The summed E-state index contributed by atoms with van der Waals surface area (Å²) in [5.74, 6) is 0.919. The van der Waals surface area contributed by atoms with Crippen molar-refractivity contribution in [3.63, 3.8) is 0 Å². The Hall–Kier alpha value is -3.90. The molecule has 0 bridgehead atoms. The highest BCUT2D eigenvalue weighted by atomic mass is 16.6. The van der Waals surface area contributed by atoms with Crippen LogP contribution in [0.25, 0.3) is 0 Å². The Labute approximate surface area is 217 Å². The van der Waals surface area contributed by atoms with Crippen molar-refractivity contribution in [3.8, 4) is 35.1 Å². The van der Waals surface area contributed by atoms with Crippen LogP contribution in [0.15, 0.2) is 46.6 Å². The number of ether oxygens (including phenoxy) is 2. The molecule has 0 radical (unpaired) electrons. The lowest BCUT2D eigenvalue weighted by molar-refractivity contribution is 0.0647. The van der Waals surface area contributed by atoms with E-state index in [1.54, 1.807) is 12.1 Å². The maximum absolute atomic E-state index is 10.5.